The van der Waals surface area contributed by atoms with E-state index in [1.165, 1.54) is 11.8 Å². The number of urea groups is 1. The monoisotopic (exact) mass is 282 g/mol. The molecule has 7 heteroatoms. The van der Waals surface area contributed by atoms with Crippen molar-refractivity contribution in [1.82, 2.24) is 5.32 Å². The van der Waals surface area contributed by atoms with E-state index in [-0.39, 0.29) is 5.75 Å². The van der Waals surface area contributed by atoms with Gasteiger partial charge in [0.15, 0.2) is 11.5 Å². The summed E-state index contributed by atoms with van der Waals surface area (Å²) in [6.07, 6.45) is 0.845. The summed E-state index contributed by atoms with van der Waals surface area (Å²) in [5, 5.41) is 2.01. The molecular formula is C12H14N2O4S. The van der Waals surface area contributed by atoms with Crippen LogP contribution in [0.2, 0.25) is 0 Å². The number of nitrogens with one attached hydrogen (secondary N) is 1. The average Bonchev–Trinajstić information content (AvgIpc) is 2.60. The van der Waals surface area contributed by atoms with Gasteiger partial charge in [0.05, 0.1) is 19.0 Å². The Balaban J connectivity index is 1.96. The summed E-state index contributed by atoms with van der Waals surface area (Å²) >= 11 is 1.29. The summed E-state index contributed by atoms with van der Waals surface area (Å²) in [4.78, 5) is 22.6. The third-order valence-electron chi connectivity index (χ3n) is 2.35. The molecule has 0 saturated heterocycles. The molecule has 0 aromatic heterocycles. The highest BCUT2D eigenvalue weighted by Crippen LogP contribution is 2.33. The Hall–Kier alpha value is -1.89. The molecule has 1 aromatic rings. The number of amides is 3. The molecule has 1 heterocycles. The summed E-state index contributed by atoms with van der Waals surface area (Å²) in [5.41, 5.74) is 4.85. The lowest BCUT2D eigenvalue weighted by molar-refractivity contribution is -0.117. The van der Waals surface area contributed by atoms with Gasteiger partial charge in [-0.3, -0.25) is 10.1 Å². The Morgan fingerprint density at radius 3 is 2.74 bits per heavy atom. The number of carbonyl (C=O) groups excluding carboxylic acids is 2. The minimum Gasteiger partial charge on any atom is -0.490 e. The number of hydrogen-bond donors (Lipinski definition) is 2. The molecule has 3 amide bonds. The summed E-state index contributed by atoms with van der Waals surface area (Å²) in [6, 6.07) is 4.64. The van der Waals surface area contributed by atoms with Gasteiger partial charge < -0.3 is 15.2 Å². The molecule has 102 valence electrons. The van der Waals surface area contributed by atoms with Crippen LogP contribution < -0.4 is 20.5 Å². The molecule has 0 radical (unpaired) electrons. The normalized spacial score (nSPS) is 13.5. The highest BCUT2D eigenvalue weighted by Gasteiger charge is 2.12. The number of benzene rings is 1. The first-order valence-corrected chi connectivity index (χ1v) is 6.75. The molecule has 19 heavy (non-hydrogen) atoms. The Morgan fingerprint density at radius 1 is 1.26 bits per heavy atom. The summed E-state index contributed by atoms with van der Waals surface area (Å²) in [6.45, 7) is 1.25. The zero-order valence-electron chi connectivity index (χ0n) is 10.2. The van der Waals surface area contributed by atoms with Gasteiger partial charge >= 0.3 is 6.03 Å². The van der Waals surface area contributed by atoms with Crippen LogP contribution in [-0.2, 0) is 4.79 Å². The minimum atomic E-state index is -0.843. The van der Waals surface area contributed by atoms with Gasteiger partial charge in [0.25, 0.3) is 0 Å². The quantitative estimate of drug-likeness (QED) is 0.811. The lowest BCUT2D eigenvalue weighted by Gasteiger charge is -2.08. The smallest absolute Gasteiger partial charge is 0.318 e. The van der Waals surface area contributed by atoms with E-state index in [9.17, 15) is 9.59 Å². The molecule has 1 aromatic carbocycles. The standard InChI is InChI=1S/C12H14N2O4S/c13-12(16)14-11(15)7-19-8-2-3-9-10(6-8)18-5-1-4-17-9/h2-3,6H,1,4-5,7H2,(H3,13,14,15,16). The van der Waals surface area contributed by atoms with Crippen LogP contribution in [0.15, 0.2) is 23.1 Å². The Bertz CT molecular complexity index is 493. The molecule has 2 rings (SSSR count). The van der Waals surface area contributed by atoms with E-state index in [2.05, 4.69) is 0 Å². The lowest BCUT2D eigenvalue weighted by atomic mass is 10.3. The molecule has 0 spiro atoms. The first-order valence-electron chi connectivity index (χ1n) is 5.77. The van der Waals surface area contributed by atoms with Gasteiger partial charge in [-0.05, 0) is 18.2 Å². The third-order valence-corrected chi connectivity index (χ3v) is 3.35. The van der Waals surface area contributed by atoms with Crippen LogP contribution >= 0.6 is 11.8 Å². The van der Waals surface area contributed by atoms with Crippen molar-refractivity contribution in [2.24, 2.45) is 5.73 Å². The highest BCUT2D eigenvalue weighted by molar-refractivity contribution is 8.00. The van der Waals surface area contributed by atoms with Gasteiger partial charge in [-0.2, -0.15) is 0 Å². The Kier molecular flexibility index (Phi) is 4.51. The molecule has 0 aliphatic carbocycles. The average molecular weight is 282 g/mol. The first-order chi connectivity index (χ1) is 9.15. The zero-order chi connectivity index (χ0) is 13.7. The fourth-order valence-electron chi connectivity index (χ4n) is 1.56. The molecule has 1 aliphatic heterocycles. The highest BCUT2D eigenvalue weighted by atomic mass is 32.2. The molecule has 0 unspecified atom stereocenters. The number of ether oxygens (including phenoxy) is 2. The molecule has 3 N–H and O–H groups in total. The van der Waals surface area contributed by atoms with Gasteiger partial charge in [0.1, 0.15) is 0 Å². The minimum absolute atomic E-state index is 0.114. The number of rotatable bonds is 3. The van der Waals surface area contributed by atoms with Gasteiger partial charge in [-0.25, -0.2) is 4.79 Å². The van der Waals surface area contributed by atoms with Crippen molar-refractivity contribution in [2.75, 3.05) is 19.0 Å². The number of hydrogen-bond acceptors (Lipinski definition) is 5. The second kappa shape index (κ2) is 6.33. The van der Waals surface area contributed by atoms with Crippen molar-refractivity contribution in [3.63, 3.8) is 0 Å². The molecule has 6 nitrogen and oxygen atoms in total. The van der Waals surface area contributed by atoms with E-state index in [1.54, 1.807) is 0 Å². The second-order valence-corrected chi connectivity index (χ2v) is 4.91. The molecule has 0 atom stereocenters. The summed E-state index contributed by atoms with van der Waals surface area (Å²) in [7, 11) is 0. The van der Waals surface area contributed by atoms with Crippen LogP contribution in [0.1, 0.15) is 6.42 Å². The van der Waals surface area contributed by atoms with Gasteiger partial charge in [-0.1, -0.05) is 0 Å². The van der Waals surface area contributed by atoms with E-state index in [0.29, 0.717) is 24.7 Å². The van der Waals surface area contributed by atoms with E-state index in [0.717, 1.165) is 11.3 Å². The molecule has 1 aliphatic rings. The topological polar surface area (TPSA) is 90.7 Å². The SMILES string of the molecule is NC(=O)NC(=O)CSc1ccc2c(c1)OCCCO2. The number of primary amides is 1. The fraction of sp³-hybridized carbons (Fsp3) is 0.333. The van der Waals surface area contributed by atoms with E-state index < -0.39 is 11.9 Å². The molecule has 0 bridgehead atoms. The summed E-state index contributed by atoms with van der Waals surface area (Å²) in [5.74, 6) is 1.08. The number of imide groups is 1. The van der Waals surface area contributed by atoms with Crippen molar-refractivity contribution in [3.8, 4) is 11.5 Å². The van der Waals surface area contributed by atoms with E-state index in [1.807, 2.05) is 23.5 Å². The predicted octanol–water partition coefficient (Wildman–Crippen LogP) is 1.13. The van der Waals surface area contributed by atoms with Crippen LogP contribution in [-0.4, -0.2) is 30.9 Å². The Morgan fingerprint density at radius 2 is 2.00 bits per heavy atom. The van der Waals surface area contributed by atoms with Crippen molar-refractivity contribution in [2.45, 2.75) is 11.3 Å². The van der Waals surface area contributed by atoms with Gasteiger partial charge in [0.2, 0.25) is 5.91 Å². The van der Waals surface area contributed by atoms with Gasteiger partial charge in [0, 0.05) is 11.3 Å². The maximum Gasteiger partial charge on any atom is 0.318 e. The van der Waals surface area contributed by atoms with Crippen molar-refractivity contribution in [1.29, 1.82) is 0 Å². The van der Waals surface area contributed by atoms with Crippen LogP contribution in [0.5, 0.6) is 11.5 Å². The van der Waals surface area contributed by atoms with Crippen LogP contribution in [0.3, 0.4) is 0 Å². The van der Waals surface area contributed by atoms with E-state index in [4.69, 9.17) is 15.2 Å². The first kappa shape index (κ1) is 13.5. The third kappa shape index (κ3) is 4.06. The van der Waals surface area contributed by atoms with Crippen molar-refractivity contribution < 1.29 is 19.1 Å². The maximum absolute atomic E-state index is 11.3. The fourth-order valence-corrected chi connectivity index (χ4v) is 2.28. The number of carbonyl (C=O) groups is 2. The molecule has 0 saturated carbocycles. The lowest BCUT2D eigenvalue weighted by Crippen LogP contribution is -2.36. The van der Waals surface area contributed by atoms with Crippen LogP contribution in [0.25, 0.3) is 0 Å². The maximum atomic E-state index is 11.3. The van der Waals surface area contributed by atoms with E-state index >= 15 is 0 Å². The largest absolute Gasteiger partial charge is 0.490 e. The number of thioether (sulfide) groups is 1. The molecular weight excluding hydrogens is 268 g/mol. The van der Waals surface area contributed by atoms with Crippen LogP contribution in [0.4, 0.5) is 4.79 Å². The number of nitrogens with two attached hydrogens (primary N) is 1. The Labute approximate surface area is 114 Å². The van der Waals surface area contributed by atoms with Crippen molar-refractivity contribution >= 4 is 23.7 Å². The van der Waals surface area contributed by atoms with Crippen molar-refractivity contribution in [3.05, 3.63) is 18.2 Å². The molecule has 0 fully saturated rings. The number of fused-ring (bicyclic) bond motifs is 1. The summed E-state index contributed by atoms with van der Waals surface area (Å²) < 4.78 is 11.1. The van der Waals surface area contributed by atoms with Crippen LogP contribution in [0, 0.1) is 0 Å². The second-order valence-electron chi connectivity index (χ2n) is 3.86. The predicted molar refractivity (Wildman–Crippen MR) is 70.5 cm³/mol. The van der Waals surface area contributed by atoms with Gasteiger partial charge in [-0.15, -0.1) is 11.8 Å². The zero-order valence-corrected chi connectivity index (χ0v) is 11.0.